The molecule has 0 spiro atoms. The van der Waals surface area contributed by atoms with Gasteiger partial charge >= 0.3 is 5.69 Å². The third-order valence-corrected chi connectivity index (χ3v) is 5.96. The molecular formula is C22H21ClN8O2. The molecule has 0 unspecified atom stereocenters. The van der Waals surface area contributed by atoms with Crippen molar-refractivity contribution in [3.05, 3.63) is 74.9 Å². The van der Waals surface area contributed by atoms with Crippen molar-refractivity contribution >= 4 is 34.4 Å². The van der Waals surface area contributed by atoms with Crippen molar-refractivity contribution in [3.63, 3.8) is 0 Å². The maximum Gasteiger partial charge on any atom is 0.337 e. The molecule has 0 bridgehead atoms. The first-order valence-electron chi connectivity index (χ1n) is 10.5. The number of fused-ring (bicyclic) bond motifs is 1. The molecule has 0 aliphatic heterocycles. The van der Waals surface area contributed by atoms with E-state index in [4.69, 9.17) is 11.6 Å². The van der Waals surface area contributed by atoms with Crippen LogP contribution in [0.2, 0.25) is 5.02 Å². The van der Waals surface area contributed by atoms with Gasteiger partial charge in [-0.25, -0.2) is 29.3 Å². The fraction of sp³-hybridized carbons (Fsp3) is 0.273. The largest absolute Gasteiger partial charge is 0.367 e. The maximum atomic E-state index is 12.9. The van der Waals surface area contributed by atoms with Gasteiger partial charge in [0.1, 0.15) is 11.5 Å². The summed E-state index contributed by atoms with van der Waals surface area (Å²) in [5.74, 6) is 1.24. The lowest BCUT2D eigenvalue weighted by atomic mass is 10.2. The molecule has 1 fully saturated rings. The summed E-state index contributed by atoms with van der Waals surface area (Å²) in [6.45, 7) is 0. The Morgan fingerprint density at radius 2 is 1.73 bits per heavy atom. The molecule has 4 aromatic rings. The van der Waals surface area contributed by atoms with Crippen LogP contribution in [-0.4, -0.2) is 41.2 Å². The predicted molar refractivity (Wildman–Crippen MR) is 126 cm³/mol. The third kappa shape index (κ3) is 4.17. The van der Waals surface area contributed by atoms with Gasteiger partial charge in [-0.2, -0.15) is 0 Å². The molecule has 33 heavy (non-hydrogen) atoms. The second-order valence-corrected chi connectivity index (χ2v) is 8.42. The topological polar surface area (TPSA) is 120 Å². The summed E-state index contributed by atoms with van der Waals surface area (Å²) in [5, 5.41) is 7.62. The van der Waals surface area contributed by atoms with Gasteiger partial charge in [0.2, 0.25) is 5.95 Å². The van der Waals surface area contributed by atoms with Crippen LogP contribution in [0.15, 0.2) is 58.6 Å². The van der Waals surface area contributed by atoms with Crippen LogP contribution in [0.4, 0.5) is 11.8 Å². The molecular weight excluding hydrogens is 444 g/mol. The molecule has 0 aromatic carbocycles. The molecule has 5 rings (SSSR count). The lowest BCUT2D eigenvalue weighted by molar-refractivity contribution is 0.716. The van der Waals surface area contributed by atoms with Crippen LogP contribution in [-0.2, 0) is 7.05 Å². The van der Waals surface area contributed by atoms with E-state index in [1.165, 1.54) is 10.8 Å². The van der Waals surface area contributed by atoms with Crippen LogP contribution in [0.3, 0.4) is 0 Å². The second-order valence-electron chi connectivity index (χ2n) is 7.98. The average molecular weight is 465 g/mol. The molecule has 2 atom stereocenters. The van der Waals surface area contributed by atoms with E-state index in [-0.39, 0.29) is 12.1 Å². The summed E-state index contributed by atoms with van der Waals surface area (Å²) in [6, 6.07) is 7.30. The van der Waals surface area contributed by atoms with Crippen LogP contribution in [0.5, 0.6) is 0 Å². The van der Waals surface area contributed by atoms with Gasteiger partial charge in [0.15, 0.2) is 0 Å². The molecule has 10 nitrogen and oxygen atoms in total. The molecule has 168 valence electrons. The number of pyridine rings is 2. The number of nitrogens with one attached hydrogen (secondary N) is 2. The zero-order chi connectivity index (χ0) is 22.9. The smallest absolute Gasteiger partial charge is 0.337 e. The molecule has 0 radical (unpaired) electrons. The molecule has 4 aromatic heterocycles. The number of nitrogens with zero attached hydrogens (tertiary/aromatic N) is 6. The normalized spacial score (nSPS) is 17.9. The zero-order valence-electron chi connectivity index (χ0n) is 17.8. The first kappa shape index (κ1) is 21.1. The van der Waals surface area contributed by atoms with Crippen molar-refractivity contribution in [2.45, 2.75) is 31.3 Å². The van der Waals surface area contributed by atoms with Gasteiger partial charge in [-0.15, -0.1) is 0 Å². The second kappa shape index (κ2) is 8.62. The summed E-state index contributed by atoms with van der Waals surface area (Å²) in [7, 11) is 1.59. The summed E-state index contributed by atoms with van der Waals surface area (Å²) >= 11 is 5.83. The number of rotatable bonds is 5. The quantitative estimate of drug-likeness (QED) is 0.462. The van der Waals surface area contributed by atoms with E-state index in [1.807, 2.05) is 0 Å². The van der Waals surface area contributed by atoms with Gasteiger partial charge in [0, 0.05) is 25.3 Å². The van der Waals surface area contributed by atoms with Gasteiger partial charge in [-0.1, -0.05) is 11.6 Å². The molecule has 0 saturated heterocycles. The van der Waals surface area contributed by atoms with Crippen molar-refractivity contribution in [2.75, 3.05) is 10.6 Å². The summed E-state index contributed by atoms with van der Waals surface area (Å²) < 4.78 is 2.47. The highest BCUT2D eigenvalue weighted by Gasteiger charge is 2.25. The van der Waals surface area contributed by atoms with Gasteiger partial charge in [0.05, 0.1) is 34.7 Å². The van der Waals surface area contributed by atoms with E-state index in [9.17, 15) is 9.59 Å². The van der Waals surface area contributed by atoms with Crippen LogP contribution in [0.25, 0.3) is 16.7 Å². The summed E-state index contributed by atoms with van der Waals surface area (Å²) in [6.07, 6.45) is 9.03. The average Bonchev–Trinajstić information content (AvgIpc) is 3.27. The van der Waals surface area contributed by atoms with Crippen molar-refractivity contribution < 1.29 is 0 Å². The Morgan fingerprint density at radius 3 is 2.45 bits per heavy atom. The fourth-order valence-electron chi connectivity index (χ4n) is 4.13. The Labute approximate surface area is 193 Å². The van der Waals surface area contributed by atoms with Gasteiger partial charge in [0.25, 0.3) is 5.56 Å². The predicted octanol–water partition coefficient (Wildman–Crippen LogP) is 2.37. The fourth-order valence-corrected chi connectivity index (χ4v) is 4.23. The molecule has 2 N–H and O–H groups in total. The van der Waals surface area contributed by atoms with E-state index in [2.05, 4.69) is 30.6 Å². The van der Waals surface area contributed by atoms with Crippen LogP contribution < -0.4 is 21.9 Å². The lowest BCUT2D eigenvalue weighted by Gasteiger charge is -2.15. The highest BCUT2D eigenvalue weighted by molar-refractivity contribution is 6.30. The Hall–Kier alpha value is -3.79. The highest BCUT2D eigenvalue weighted by atomic mass is 35.5. The maximum absolute atomic E-state index is 12.9. The first-order valence-corrected chi connectivity index (χ1v) is 10.9. The molecule has 11 heteroatoms. The van der Waals surface area contributed by atoms with Crippen LogP contribution >= 0.6 is 11.6 Å². The molecule has 1 saturated carbocycles. The Morgan fingerprint density at radius 1 is 0.970 bits per heavy atom. The number of anilines is 2. The van der Waals surface area contributed by atoms with E-state index < -0.39 is 11.2 Å². The third-order valence-electron chi connectivity index (χ3n) is 5.76. The lowest BCUT2D eigenvalue weighted by Crippen LogP contribution is -2.38. The SMILES string of the molecule is Cn1c(=O)n(-c2ccc(N[C@H]3CC[C@H](Nc4ncc(Cl)cn4)C3)nc2)c(=O)c2cccnc21. The molecule has 0 amide bonds. The Balaban J connectivity index is 1.30. The van der Waals surface area contributed by atoms with Gasteiger partial charge < -0.3 is 10.6 Å². The van der Waals surface area contributed by atoms with Crippen molar-refractivity contribution in [1.82, 2.24) is 29.1 Å². The standard InChI is InChI=1S/C22H21ClN8O2/c1-30-19-17(3-2-8-24-19)20(32)31(22(30)33)16-6-7-18(25-12-16)28-14-4-5-15(9-14)29-21-26-10-13(23)11-27-21/h2-3,6-8,10-12,14-15H,4-5,9H2,1H3,(H,25,28)(H,26,27,29)/t14-,15-/m0/s1. The van der Waals surface area contributed by atoms with E-state index in [0.717, 1.165) is 23.8 Å². The number of aromatic nitrogens is 6. The molecule has 4 heterocycles. The number of hydrogen-bond donors (Lipinski definition) is 2. The Bertz CT molecular complexity index is 1420. The monoisotopic (exact) mass is 464 g/mol. The Kier molecular flexibility index (Phi) is 5.51. The van der Waals surface area contributed by atoms with Gasteiger partial charge in [-0.3, -0.25) is 9.36 Å². The molecule has 1 aliphatic rings. The minimum atomic E-state index is -0.470. The van der Waals surface area contributed by atoms with E-state index in [1.54, 1.807) is 49.9 Å². The summed E-state index contributed by atoms with van der Waals surface area (Å²) in [4.78, 5) is 42.7. The van der Waals surface area contributed by atoms with Crippen LogP contribution in [0.1, 0.15) is 19.3 Å². The van der Waals surface area contributed by atoms with Gasteiger partial charge in [-0.05, 0) is 43.5 Å². The van der Waals surface area contributed by atoms with Crippen molar-refractivity contribution in [3.8, 4) is 5.69 Å². The van der Waals surface area contributed by atoms with E-state index >= 15 is 0 Å². The van der Waals surface area contributed by atoms with Crippen molar-refractivity contribution in [1.29, 1.82) is 0 Å². The first-order chi connectivity index (χ1) is 16.0. The minimum absolute atomic E-state index is 0.232. The minimum Gasteiger partial charge on any atom is -0.367 e. The number of halogens is 1. The highest BCUT2D eigenvalue weighted by Crippen LogP contribution is 2.25. The van der Waals surface area contributed by atoms with Crippen molar-refractivity contribution in [2.24, 2.45) is 7.05 Å². The van der Waals surface area contributed by atoms with Crippen LogP contribution in [0, 0.1) is 0 Å². The number of hydrogen-bond acceptors (Lipinski definition) is 8. The number of aryl methyl sites for hydroxylation is 1. The summed E-state index contributed by atoms with van der Waals surface area (Å²) in [5.41, 5.74) is -0.133. The van der Waals surface area contributed by atoms with E-state index in [0.29, 0.717) is 33.5 Å². The zero-order valence-corrected chi connectivity index (χ0v) is 18.5. The molecule has 1 aliphatic carbocycles.